The van der Waals surface area contributed by atoms with Crippen LogP contribution in [0.1, 0.15) is 32.6 Å². The quantitative estimate of drug-likeness (QED) is 0.500. The lowest BCUT2D eigenvalue weighted by Gasteiger charge is -2.37. The summed E-state index contributed by atoms with van der Waals surface area (Å²) in [6.07, 6.45) is 7.76. The summed E-state index contributed by atoms with van der Waals surface area (Å²) in [4.78, 5) is 0. The summed E-state index contributed by atoms with van der Waals surface area (Å²) in [6, 6.07) is 0. The third-order valence-corrected chi connectivity index (χ3v) is 3.41. The highest BCUT2D eigenvalue weighted by atomic mass is 15.3. The Bertz CT molecular complexity index is 281. The van der Waals surface area contributed by atoms with Gasteiger partial charge in [-0.1, -0.05) is 5.57 Å². The smallest absolute Gasteiger partial charge is 0.131 e. The van der Waals surface area contributed by atoms with Crippen molar-refractivity contribution in [2.45, 2.75) is 32.6 Å². The second-order valence-electron chi connectivity index (χ2n) is 4.99. The summed E-state index contributed by atoms with van der Waals surface area (Å²) in [5, 5.41) is 0. The van der Waals surface area contributed by atoms with Crippen LogP contribution in [0.2, 0.25) is 0 Å². The van der Waals surface area contributed by atoms with Crippen LogP contribution >= 0.6 is 0 Å². The van der Waals surface area contributed by atoms with Crippen LogP contribution in [0, 0.1) is 0 Å². The average molecular weight is 178 g/mol. The molecule has 1 aliphatic heterocycles. The first-order valence-electron chi connectivity index (χ1n) is 5.32. The summed E-state index contributed by atoms with van der Waals surface area (Å²) in [6.45, 7) is 3.57. The van der Waals surface area contributed by atoms with Gasteiger partial charge < -0.3 is 0 Å². The molecule has 1 aliphatic carbocycles. The highest BCUT2D eigenvalue weighted by Gasteiger charge is 2.30. The second-order valence-corrected chi connectivity index (χ2v) is 4.99. The van der Waals surface area contributed by atoms with Gasteiger partial charge in [-0.3, -0.25) is 4.48 Å². The van der Waals surface area contributed by atoms with Crippen molar-refractivity contribution < 1.29 is 4.48 Å². The van der Waals surface area contributed by atoms with Crippen molar-refractivity contribution in [3.05, 3.63) is 22.9 Å². The van der Waals surface area contributed by atoms with Gasteiger partial charge in [0.15, 0.2) is 0 Å². The van der Waals surface area contributed by atoms with Gasteiger partial charge in [0.2, 0.25) is 0 Å². The van der Waals surface area contributed by atoms with E-state index >= 15 is 0 Å². The molecule has 0 saturated carbocycles. The zero-order valence-corrected chi connectivity index (χ0v) is 9.06. The van der Waals surface area contributed by atoms with E-state index in [1.165, 1.54) is 32.2 Å². The number of nitrogens with zero attached hydrogens (tertiary/aromatic N) is 1. The van der Waals surface area contributed by atoms with Crippen molar-refractivity contribution in [3.63, 3.8) is 0 Å². The Labute approximate surface area is 81.3 Å². The molecule has 1 nitrogen and oxygen atoms in total. The molecular weight excluding hydrogens is 158 g/mol. The van der Waals surface area contributed by atoms with Crippen LogP contribution < -0.4 is 0 Å². The van der Waals surface area contributed by atoms with E-state index in [9.17, 15) is 0 Å². The number of hydrogen-bond acceptors (Lipinski definition) is 0. The van der Waals surface area contributed by atoms with E-state index in [1.54, 1.807) is 16.8 Å². The fraction of sp³-hybridized carbons (Fsp3) is 0.667. The zero-order chi connectivity index (χ0) is 9.47. The van der Waals surface area contributed by atoms with Crippen LogP contribution in [0.4, 0.5) is 0 Å². The molecular formula is C12H20N+. The van der Waals surface area contributed by atoms with Crippen LogP contribution in [0.15, 0.2) is 22.9 Å². The topological polar surface area (TPSA) is 0 Å². The molecule has 0 atom stereocenters. The number of rotatable bonds is 0. The lowest BCUT2D eigenvalue weighted by atomic mass is 9.89. The van der Waals surface area contributed by atoms with E-state index in [0.717, 1.165) is 4.48 Å². The molecule has 0 aromatic heterocycles. The molecule has 0 saturated heterocycles. The predicted octanol–water partition coefficient (Wildman–Crippen LogP) is 2.85. The van der Waals surface area contributed by atoms with Crippen molar-refractivity contribution in [1.29, 1.82) is 0 Å². The van der Waals surface area contributed by atoms with Gasteiger partial charge in [-0.05, 0) is 37.8 Å². The van der Waals surface area contributed by atoms with Crippen LogP contribution in [0.25, 0.3) is 0 Å². The van der Waals surface area contributed by atoms with Gasteiger partial charge >= 0.3 is 0 Å². The summed E-state index contributed by atoms with van der Waals surface area (Å²) in [5.74, 6) is 0. The standard InChI is InChI=1S/C12H20N/c1-10-6-7-11-5-4-8-13(2,3)12(11)9-10/h9H,4-8H2,1-3H3/q+1. The molecule has 0 amide bonds. The first kappa shape index (κ1) is 9.01. The van der Waals surface area contributed by atoms with E-state index in [-0.39, 0.29) is 0 Å². The van der Waals surface area contributed by atoms with Crippen molar-refractivity contribution in [2.24, 2.45) is 0 Å². The monoisotopic (exact) mass is 178 g/mol. The van der Waals surface area contributed by atoms with Gasteiger partial charge in [-0.25, -0.2) is 0 Å². The molecule has 1 heteroatoms. The maximum Gasteiger partial charge on any atom is 0.131 e. The summed E-state index contributed by atoms with van der Waals surface area (Å²) >= 11 is 0. The van der Waals surface area contributed by atoms with E-state index < -0.39 is 0 Å². The van der Waals surface area contributed by atoms with Crippen LogP contribution in [0.5, 0.6) is 0 Å². The molecule has 2 aliphatic rings. The van der Waals surface area contributed by atoms with Gasteiger partial charge in [0, 0.05) is 6.42 Å². The van der Waals surface area contributed by atoms with Gasteiger partial charge in [-0.15, -0.1) is 0 Å². The molecule has 0 aromatic rings. The van der Waals surface area contributed by atoms with Gasteiger partial charge in [0.25, 0.3) is 0 Å². The third kappa shape index (κ3) is 1.58. The first-order chi connectivity index (χ1) is 6.09. The Hall–Kier alpha value is -0.560. The maximum absolute atomic E-state index is 2.43. The van der Waals surface area contributed by atoms with Crippen LogP contribution in [0.3, 0.4) is 0 Å². The van der Waals surface area contributed by atoms with Gasteiger partial charge in [0.05, 0.1) is 20.6 Å². The Balaban J connectivity index is 2.40. The average Bonchev–Trinajstić information content (AvgIpc) is 2.06. The molecule has 0 unspecified atom stereocenters. The molecule has 72 valence electrons. The minimum absolute atomic E-state index is 1.10. The van der Waals surface area contributed by atoms with Crippen LogP contribution in [-0.4, -0.2) is 25.1 Å². The fourth-order valence-electron chi connectivity index (χ4n) is 2.55. The second kappa shape index (κ2) is 2.98. The number of allylic oxidation sites excluding steroid dienone is 3. The normalized spacial score (nSPS) is 26.8. The van der Waals surface area contributed by atoms with Crippen molar-refractivity contribution >= 4 is 0 Å². The van der Waals surface area contributed by atoms with Gasteiger partial charge in [0.1, 0.15) is 5.70 Å². The Morgan fingerprint density at radius 1 is 1.15 bits per heavy atom. The number of likely N-dealkylation sites (N-methyl/N-ethyl adjacent to an activating group) is 1. The van der Waals surface area contributed by atoms with Crippen molar-refractivity contribution in [2.75, 3.05) is 20.6 Å². The highest BCUT2D eigenvalue weighted by molar-refractivity contribution is 5.29. The van der Waals surface area contributed by atoms with Crippen molar-refractivity contribution in [3.8, 4) is 0 Å². The Morgan fingerprint density at radius 3 is 2.69 bits per heavy atom. The maximum atomic E-state index is 2.43. The van der Waals surface area contributed by atoms with E-state index in [0.29, 0.717) is 0 Å². The molecule has 0 N–H and O–H groups in total. The summed E-state index contributed by atoms with van der Waals surface area (Å²) in [5.41, 5.74) is 4.89. The largest absolute Gasteiger partial charge is 0.296 e. The van der Waals surface area contributed by atoms with Gasteiger partial charge in [-0.2, -0.15) is 0 Å². The Kier molecular flexibility index (Phi) is 2.07. The van der Waals surface area contributed by atoms with E-state index in [1.807, 2.05) is 0 Å². The van der Waals surface area contributed by atoms with Crippen molar-refractivity contribution in [1.82, 2.24) is 0 Å². The highest BCUT2D eigenvalue weighted by Crippen LogP contribution is 2.35. The van der Waals surface area contributed by atoms with E-state index in [4.69, 9.17) is 0 Å². The number of hydrogen-bond donors (Lipinski definition) is 0. The van der Waals surface area contributed by atoms with E-state index in [2.05, 4.69) is 27.1 Å². The predicted molar refractivity (Wildman–Crippen MR) is 56.2 cm³/mol. The zero-order valence-electron chi connectivity index (χ0n) is 9.06. The minimum atomic E-state index is 1.10. The molecule has 0 radical (unpaired) electrons. The molecule has 2 rings (SSSR count). The minimum Gasteiger partial charge on any atom is -0.296 e. The summed E-state index contributed by atoms with van der Waals surface area (Å²) in [7, 11) is 4.67. The lowest BCUT2D eigenvalue weighted by molar-refractivity contribution is -0.852. The molecule has 13 heavy (non-hydrogen) atoms. The Morgan fingerprint density at radius 2 is 1.92 bits per heavy atom. The first-order valence-corrected chi connectivity index (χ1v) is 5.32. The molecule has 0 spiro atoms. The summed E-state index contributed by atoms with van der Waals surface area (Å²) < 4.78 is 1.10. The third-order valence-electron chi connectivity index (χ3n) is 3.41. The molecule has 1 heterocycles. The van der Waals surface area contributed by atoms with Crippen LogP contribution in [-0.2, 0) is 0 Å². The SMILES string of the molecule is CC1=CC2=C(CCC[N+]2(C)C)CC1. The molecule has 0 bridgehead atoms. The fourth-order valence-corrected chi connectivity index (χ4v) is 2.55. The lowest BCUT2D eigenvalue weighted by Crippen LogP contribution is -2.42. The molecule has 0 fully saturated rings. The number of quaternary nitrogens is 1. The molecule has 0 aromatic carbocycles.